The first-order valence-corrected chi connectivity index (χ1v) is 13.6. The van der Waals surface area contributed by atoms with Crippen LogP contribution in [0.3, 0.4) is 0 Å². The summed E-state index contributed by atoms with van der Waals surface area (Å²) in [6, 6.07) is 2.77. The van der Waals surface area contributed by atoms with E-state index >= 15 is 0 Å². The van der Waals surface area contributed by atoms with E-state index in [4.69, 9.17) is 29.9 Å². The first-order chi connectivity index (χ1) is 19.6. The number of hydrogen-bond acceptors (Lipinski definition) is 11. The largest absolute Gasteiger partial charge is 0.508 e. The second kappa shape index (κ2) is 20.8. The molecular weight excluding hydrogens is 554 g/mol. The number of anilines is 1. The molecule has 1 aliphatic rings. The molecule has 2 bridgehead atoms. The highest BCUT2D eigenvalue weighted by molar-refractivity contribution is 7.79. The number of hydrogen-bond donors (Lipinski definition) is 7. The van der Waals surface area contributed by atoms with E-state index in [1.807, 2.05) is 6.08 Å². The Morgan fingerprint density at radius 3 is 2.24 bits per heavy atom. The van der Waals surface area contributed by atoms with Gasteiger partial charge < -0.3 is 45.4 Å². The van der Waals surface area contributed by atoms with Gasteiger partial charge in [0, 0.05) is 33.0 Å². The Morgan fingerprint density at radius 1 is 1.05 bits per heavy atom. The van der Waals surface area contributed by atoms with Crippen molar-refractivity contribution in [1.82, 2.24) is 0 Å². The number of phenols is 2. The molecule has 0 radical (unpaired) electrons. The number of carbonyl (C=O) groups is 2. The number of phenolic OH excluding ortho intramolecular Hbond substituents is 2. The molecule has 0 spiro atoms. The predicted molar refractivity (Wildman–Crippen MR) is 160 cm³/mol. The maximum atomic E-state index is 12.7. The third-order valence-electron chi connectivity index (χ3n) is 6.32. The minimum Gasteiger partial charge on any atom is -0.508 e. The molecular formula is C28H45N3O9S. The SMILES string of the molecule is COC1/C=C\C=C(/C)C(=O)Nc2cc(O)cc(c2O)CCCC(OC)C(OC)C/C=C(\C)C1OC(N)=O.CS.NO. The van der Waals surface area contributed by atoms with Gasteiger partial charge in [0.15, 0.2) is 6.10 Å². The van der Waals surface area contributed by atoms with Gasteiger partial charge in [-0.2, -0.15) is 12.6 Å². The molecule has 0 fully saturated rings. The summed E-state index contributed by atoms with van der Waals surface area (Å²) in [7, 11) is 4.67. The molecule has 2 rings (SSSR count). The van der Waals surface area contributed by atoms with Gasteiger partial charge in [0.25, 0.3) is 5.91 Å². The number of allylic oxidation sites excluding steroid dienone is 2. The topological polar surface area (TPSA) is 196 Å². The summed E-state index contributed by atoms with van der Waals surface area (Å²) < 4.78 is 22.3. The van der Waals surface area contributed by atoms with Crippen LogP contribution in [0, 0.1) is 0 Å². The van der Waals surface area contributed by atoms with Crippen LogP contribution in [-0.4, -0.2) is 79.4 Å². The molecule has 0 saturated heterocycles. The van der Waals surface area contributed by atoms with Crippen molar-refractivity contribution in [3.63, 3.8) is 0 Å². The van der Waals surface area contributed by atoms with Gasteiger partial charge in [0.05, 0.1) is 17.9 Å². The summed E-state index contributed by atoms with van der Waals surface area (Å²) in [5.74, 6) is 2.86. The minimum absolute atomic E-state index is 0.0716. The summed E-state index contributed by atoms with van der Waals surface area (Å²) in [4.78, 5) is 24.3. The molecule has 1 aromatic rings. The second-order valence-electron chi connectivity index (χ2n) is 8.87. The minimum atomic E-state index is -0.944. The number of aromatic hydroxyl groups is 2. The van der Waals surface area contributed by atoms with Crippen molar-refractivity contribution in [2.45, 2.75) is 63.9 Å². The Kier molecular flexibility index (Phi) is 19.2. The Hall–Kier alpha value is -3.07. The van der Waals surface area contributed by atoms with Crippen LogP contribution in [0.2, 0.25) is 0 Å². The van der Waals surface area contributed by atoms with Gasteiger partial charge in [-0.1, -0.05) is 24.3 Å². The highest BCUT2D eigenvalue weighted by Crippen LogP contribution is 2.34. The number of ether oxygens (including phenoxy) is 4. The fraction of sp³-hybridized carbons (Fsp3) is 0.500. The molecule has 232 valence electrons. The second-order valence-corrected chi connectivity index (χ2v) is 8.87. The highest BCUT2D eigenvalue weighted by atomic mass is 32.1. The molecule has 0 saturated carbocycles. The smallest absolute Gasteiger partial charge is 0.405 e. The fourth-order valence-electron chi connectivity index (χ4n) is 4.18. The van der Waals surface area contributed by atoms with E-state index in [0.29, 0.717) is 42.4 Å². The number of rotatable bonds is 4. The molecule has 1 aliphatic heterocycles. The zero-order valence-corrected chi connectivity index (χ0v) is 25.4. The molecule has 12 nitrogen and oxygen atoms in total. The molecule has 0 aliphatic carbocycles. The van der Waals surface area contributed by atoms with Crippen LogP contribution < -0.4 is 16.9 Å². The predicted octanol–water partition coefficient (Wildman–Crippen LogP) is 3.60. The number of nitrogens with two attached hydrogens (primary N) is 2. The quantitative estimate of drug-likeness (QED) is 0.0883. The molecule has 8 N–H and O–H groups in total. The van der Waals surface area contributed by atoms with E-state index in [-0.39, 0.29) is 29.4 Å². The lowest BCUT2D eigenvalue weighted by molar-refractivity contribution is -0.112. The number of carbonyl (C=O) groups excluding carboxylic acids is 2. The van der Waals surface area contributed by atoms with Crippen molar-refractivity contribution < 1.29 is 44.0 Å². The standard InChI is InChI=1S/C27H38N2O8.CH4S.H3NO/c1-16-12-13-22(35-4)21(34-3)10-7-9-18-14-19(30)15-20(24(18)31)29-26(32)17(2)8-6-11-23(36-5)25(16)37-27(28)33;2*1-2/h6,8,11-12,14-15,21-23,25,30-31H,7,9-10,13H2,1-5H3,(H2,28,33)(H,29,32);2H,1H3;2H,1H2/b11-6-,16-12+,17-8+;;. The average molecular weight is 600 g/mol. The summed E-state index contributed by atoms with van der Waals surface area (Å²) in [6.07, 6.45) is 7.53. The zero-order valence-electron chi connectivity index (χ0n) is 24.5. The number of benzene rings is 1. The van der Waals surface area contributed by atoms with Crippen LogP contribution >= 0.6 is 12.6 Å². The lowest BCUT2D eigenvalue weighted by Gasteiger charge is -2.26. The van der Waals surface area contributed by atoms with Crippen molar-refractivity contribution in [2.24, 2.45) is 11.6 Å². The molecule has 13 heteroatoms. The summed E-state index contributed by atoms with van der Waals surface area (Å²) >= 11 is 3.53. The van der Waals surface area contributed by atoms with Gasteiger partial charge in [-0.05, 0) is 63.0 Å². The zero-order chi connectivity index (χ0) is 31.5. The monoisotopic (exact) mass is 599 g/mol. The Bertz CT molecular complexity index is 1050. The Morgan fingerprint density at radius 2 is 1.68 bits per heavy atom. The van der Waals surface area contributed by atoms with Crippen molar-refractivity contribution in [3.8, 4) is 11.5 Å². The third-order valence-corrected chi connectivity index (χ3v) is 6.32. The number of methoxy groups -OCH3 is 3. The van der Waals surface area contributed by atoms with Crippen LogP contribution in [-0.2, 0) is 30.2 Å². The lowest BCUT2D eigenvalue weighted by Crippen LogP contribution is -2.35. The number of nitrogens with one attached hydrogen (secondary N) is 1. The van der Waals surface area contributed by atoms with Crippen molar-refractivity contribution in [2.75, 3.05) is 32.9 Å². The third kappa shape index (κ3) is 12.5. The first-order valence-electron chi connectivity index (χ1n) is 12.7. The summed E-state index contributed by atoms with van der Waals surface area (Å²) in [6.45, 7) is 3.41. The van der Waals surface area contributed by atoms with E-state index in [1.165, 1.54) is 19.2 Å². The van der Waals surface area contributed by atoms with Gasteiger partial charge >= 0.3 is 6.09 Å². The van der Waals surface area contributed by atoms with Gasteiger partial charge in [0.2, 0.25) is 0 Å². The summed E-state index contributed by atoms with van der Waals surface area (Å²) in [5, 5.41) is 30.0. The fourth-order valence-corrected chi connectivity index (χ4v) is 4.18. The van der Waals surface area contributed by atoms with Crippen LogP contribution in [0.15, 0.2) is 47.6 Å². The molecule has 1 heterocycles. The van der Waals surface area contributed by atoms with Crippen molar-refractivity contribution >= 4 is 30.3 Å². The van der Waals surface area contributed by atoms with Gasteiger partial charge in [-0.3, -0.25) is 4.79 Å². The van der Waals surface area contributed by atoms with E-state index in [0.717, 1.165) is 0 Å². The van der Waals surface area contributed by atoms with Crippen LogP contribution in [0.1, 0.15) is 38.7 Å². The lowest BCUT2D eigenvalue weighted by atomic mass is 9.98. The molecule has 41 heavy (non-hydrogen) atoms. The van der Waals surface area contributed by atoms with E-state index in [1.54, 1.807) is 52.6 Å². The van der Waals surface area contributed by atoms with Gasteiger partial charge in [-0.15, -0.1) is 0 Å². The highest BCUT2D eigenvalue weighted by Gasteiger charge is 2.26. The Labute approximate surface area is 247 Å². The number of primary amides is 1. The molecule has 4 unspecified atom stereocenters. The number of amides is 2. The maximum Gasteiger partial charge on any atom is 0.405 e. The van der Waals surface area contributed by atoms with Gasteiger partial charge in [0.1, 0.15) is 17.6 Å². The van der Waals surface area contributed by atoms with Crippen LogP contribution in [0.25, 0.3) is 0 Å². The van der Waals surface area contributed by atoms with Crippen LogP contribution in [0.5, 0.6) is 11.5 Å². The Balaban J connectivity index is 0.00000382. The van der Waals surface area contributed by atoms with Gasteiger partial charge in [-0.25, -0.2) is 10.7 Å². The van der Waals surface area contributed by atoms with E-state index < -0.39 is 24.2 Å². The van der Waals surface area contributed by atoms with Crippen molar-refractivity contribution in [1.29, 1.82) is 0 Å². The summed E-state index contributed by atoms with van der Waals surface area (Å²) in [5.41, 5.74) is 6.97. The number of aryl methyl sites for hydroxylation is 1. The molecule has 1 aromatic carbocycles. The molecule has 0 aromatic heterocycles. The number of fused-ring (bicyclic) bond motifs is 2. The van der Waals surface area contributed by atoms with Crippen molar-refractivity contribution in [3.05, 3.63) is 53.1 Å². The van der Waals surface area contributed by atoms with E-state index in [9.17, 15) is 19.8 Å². The first kappa shape index (κ1) is 37.9. The molecule has 4 atom stereocenters. The average Bonchev–Trinajstić information content (AvgIpc) is 2.96. The maximum absolute atomic E-state index is 12.7. The normalized spacial score (nSPS) is 25.3. The van der Waals surface area contributed by atoms with Crippen LogP contribution in [0.4, 0.5) is 10.5 Å². The molecule has 2 amide bonds. The van der Waals surface area contributed by atoms with E-state index in [2.05, 4.69) is 23.8 Å². The number of thiol groups is 1.